The van der Waals surface area contributed by atoms with Crippen molar-refractivity contribution in [2.45, 2.75) is 62.8 Å². The number of hydrogen-bond donors (Lipinski definition) is 1. The quantitative estimate of drug-likeness (QED) is 0.599. The topological polar surface area (TPSA) is 92.8 Å². The number of sulfonamides is 1. The number of fused-ring (bicyclic) bond motifs is 2. The van der Waals surface area contributed by atoms with E-state index in [2.05, 4.69) is 5.32 Å². The Hall–Kier alpha value is -1.64. The molecular weight excluding hydrogens is 452 g/mol. The molecule has 1 aromatic rings. The first-order valence-electron chi connectivity index (χ1n) is 11.5. The van der Waals surface area contributed by atoms with Gasteiger partial charge >= 0.3 is 5.97 Å². The summed E-state index contributed by atoms with van der Waals surface area (Å²) in [6.07, 6.45) is 7.59. The van der Waals surface area contributed by atoms with E-state index in [9.17, 15) is 18.0 Å². The Morgan fingerprint density at radius 1 is 1.19 bits per heavy atom. The number of amides is 1. The first-order valence-corrected chi connectivity index (χ1v) is 13.3. The fraction of sp³-hybridized carbons (Fsp3) is 0.652. The number of piperidine rings is 1. The third-order valence-electron chi connectivity index (χ3n) is 7.27. The van der Waals surface area contributed by atoms with Crippen molar-refractivity contribution in [2.75, 3.05) is 19.7 Å². The van der Waals surface area contributed by atoms with Gasteiger partial charge in [0.15, 0.2) is 6.61 Å². The van der Waals surface area contributed by atoms with Crippen molar-refractivity contribution in [3.05, 3.63) is 28.8 Å². The molecule has 3 fully saturated rings. The molecular formula is C23H31ClN2O5S. The summed E-state index contributed by atoms with van der Waals surface area (Å²) in [5.41, 5.74) is -0.0568. The van der Waals surface area contributed by atoms with Crippen LogP contribution in [0, 0.1) is 17.8 Å². The van der Waals surface area contributed by atoms with Crippen LogP contribution in [0.25, 0.3) is 0 Å². The van der Waals surface area contributed by atoms with Crippen molar-refractivity contribution in [3.63, 3.8) is 0 Å². The minimum absolute atomic E-state index is 0.00473. The zero-order valence-corrected chi connectivity index (χ0v) is 20.0. The van der Waals surface area contributed by atoms with Gasteiger partial charge in [0.05, 0.1) is 15.5 Å². The lowest BCUT2D eigenvalue weighted by molar-refractivity contribution is -0.125. The second kappa shape index (κ2) is 9.69. The van der Waals surface area contributed by atoms with Gasteiger partial charge in [-0.25, -0.2) is 13.2 Å². The minimum Gasteiger partial charge on any atom is -0.452 e. The molecule has 4 rings (SSSR count). The normalized spacial score (nSPS) is 26.6. The second-order valence-corrected chi connectivity index (χ2v) is 11.7. The zero-order chi connectivity index (χ0) is 22.9. The summed E-state index contributed by atoms with van der Waals surface area (Å²) in [6, 6.07) is 4.06. The molecule has 3 aliphatic rings. The van der Waals surface area contributed by atoms with E-state index in [1.165, 1.54) is 41.8 Å². The Morgan fingerprint density at radius 3 is 2.59 bits per heavy atom. The lowest BCUT2D eigenvalue weighted by Crippen LogP contribution is -2.42. The summed E-state index contributed by atoms with van der Waals surface area (Å²) >= 11 is 6.14. The maximum atomic E-state index is 12.9. The SMILES string of the molecule is C[C@H](NC(=O)COC(=O)c1cc(S(=O)(=O)N2CCCCC2)ccc1Cl)[C@H]1C[C@@H]2CC[C@H]1C2. The molecule has 9 heteroatoms. The van der Waals surface area contributed by atoms with Gasteiger partial charge in [0.25, 0.3) is 5.91 Å². The Bertz CT molecular complexity index is 977. The molecule has 0 unspecified atom stereocenters. The van der Waals surface area contributed by atoms with Crippen LogP contribution in [0.1, 0.15) is 62.2 Å². The van der Waals surface area contributed by atoms with Gasteiger partial charge in [-0.2, -0.15) is 4.31 Å². The van der Waals surface area contributed by atoms with Crippen LogP contribution in [0.3, 0.4) is 0 Å². The van der Waals surface area contributed by atoms with Gasteiger partial charge in [-0.05, 0) is 75.0 Å². The maximum Gasteiger partial charge on any atom is 0.340 e. The number of carbonyl (C=O) groups is 2. The summed E-state index contributed by atoms with van der Waals surface area (Å²) in [5.74, 6) is 0.786. The standard InChI is InChI=1S/C23H31ClN2O5S/c1-15(19-12-16-5-6-17(19)11-16)25-22(27)14-31-23(28)20-13-18(7-8-21(20)24)32(29,30)26-9-3-2-4-10-26/h7-8,13,15-17,19H,2-6,9-12,14H2,1H3,(H,25,27)/t15-,16+,17-,19+/m0/s1. The van der Waals surface area contributed by atoms with Gasteiger partial charge in [0.1, 0.15) is 0 Å². The molecule has 32 heavy (non-hydrogen) atoms. The molecule has 2 aliphatic carbocycles. The van der Waals surface area contributed by atoms with Crippen molar-refractivity contribution in [2.24, 2.45) is 17.8 Å². The number of benzene rings is 1. The van der Waals surface area contributed by atoms with Crippen LogP contribution < -0.4 is 5.32 Å². The summed E-state index contributed by atoms with van der Waals surface area (Å²) in [5, 5.41) is 3.04. The molecule has 0 radical (unpaired) electrons. The van der Waals surface area contributed by atoms with Crippen molar-refractivity contribution >= 4 is 33.5 Å². The van der Waals surface area contributed by atoms with E-state index >= 15 is 0 Å². The molecule has 0 spiro atoms. The van der Waals surface area contributed by atoms with E-state index in [1.54, 1.807) is 0 Å². The Kier molecular flexibility index (Phi) is 7.12. The lowest BCUT2D eigenvalue weighted by Gasteiger charge is -2.28. The average Bonchev–Trinajstić information content (AvgIpc) is 3.42. The predicted octanol–water partition coefficient (Wildman–Crippen LogP) is 3.61. The summed E-state index contributed by atoms with van der Waals surface area (Å²) < 4.78 is 32.4. The number of hydrogen-bond acceptors (Lipinski definition) is 5. The third-order valence-corrected chi connectivity index (χ3v) is 9.49. The Morgan fingerprint density at radius 2 is 1.94 bits per heavy atom. The number of nitrogens with one attached hydrogen (secondary N) is 1. The fourth-order valence-electron chi connectivity index (χ4n) is 5.59. The number of carbonyl (C=O) groups excluding carboxylic acids is 2. The van der Waals surface area contributed by atoms with Crippen LogP contribution in [0.2, 0.25) is 5.02 Å². The molecule has 1 aromatic carbocycles. The summed E-state index contributed by atoms with van der Waals surface area (Å²) in [4.78, 5) is 24.9. The van der Waals surface area contributed by atoms with Crippen LogP contribution in [-0.2, 0) is 19.6 Å². The molecule has 1 N–H and O–H groups in total. The van der Waals surface area contributed by atoms with E-state index in [1.807, 2.05) is 6.92 Å². The number of nitrogens with zero attached hydrogens (tertiary/aromatic N) is 1. The van der Waals surface area contributed by atoms with E-state index < -0.39 is 22.6 Å². The molecule has 176 valence electrons. The van der Waals surface area contributed by atoms with E-state index in [0.29, 0.717) is 24.9 Å². The van der Waals surface area contributed by atoms with Crippen molar-refractivity contribution < 1.29 is 22.7 Å². The molecule has 0 aromatic heterocycles. The van der Waals surface area contributed by atoms with Crippen LogP contribution in [0.5, 0.6) is 0 Å². The fourth-order valence-corrected chi connectivity index (χ4v) is 7.33. The number of halogens is 1. The second-order valence-electron chi connectivity index (χ2n) is 9.38. The molecule has 7 nitrogen and oxygen atoms in total. The Balaban J connectivity index is 1.35. The highest BCUT2D eigenvalue weighted by molar-refractivity contribution is 7.89. The molecule has 2 bridgehead atoms. The van der Waals surface area contributed by atoms with Gasteiger partial charge in [0, 0.05) is 19.1 Å². The maximum absolute atomic E-state index is 12.9. The van der Waals surface area contributed by atoms with E-state index in [4.69, 9.17) is 16.3 Å². The van der Waals surface area contributed by atoms with Crippen LogP contribution in [0.15, 0.2) is 23.1 Å². The zero-order valence-electron chi connectivity index (χ0n) is 18.4. The van der Waals surface area contributed by atoms with Crippen LogP contribution >= 0.6 is 11.6 Å². The predicted molar refractivity (Wildman–Crippen MR) is 121 cm³/mol. The first kappa shape index (κ1) is 23.5. The molecule has 4 atom stereocenters. The Labute approximate surface area is 194 Å². The van der Waals surface area contributed by atoms with Crippen molar-refractivity contribution in [3.8, 4) is 0 Å². The van der Waals surface area contributed by atoms with Crippen molar-refractivity contribution in [1.29, 1.82) is 0 Å². The van der Waals surface area contributed by atoms with Gasteiger partial charge in [-0.1, -0.05) is 24.4 Å². The monoisotopic (exact) mass is 482 g/mol. The van der Waals surface area contributed by atoms with Gasteiger partial charge in [-0.15, -0.1) is 0 Å². The molecule has 1 saturated heterocycles. The molecule has 1 amide bonds. The van der Waals surface area contributed by atoms with Gasteiger partial charge < -0.3 is 10.1 Å². The lowest BCUT2D eigenvalue weighted by atomic mass is 9.84. The number of rotatable bonds is 7. The average molecular weight is 483 g/mol. The minimum atomic E-state index is -3.71. The van der Waals surface area contributed by atoms with E-state index in [0.717, 1.165) is 31.6 Å². The number of ether oxygens (including phenoxy) is 1. The van der Waals surface area contributed by atoms with Gasteiger partial charge in [-0.3, -0.25) is 4.79 Å². The highest BCUT2D eigenvalue weighted by Crippen LogP contribution is 2.49. The smallest absolute Gasteiger partial charge is 0.340 e. The molecule has 2 saturated carbocycles. The first-order chi connectivity index (χ1) is 15.3. The van der Waals surface area contributed by atoms with Gasteiger partial charge in [0.2, 0.25) is 10.0 Å². The summed E-state index contributed by atoms with van der Waals surface area (Å²) in [7, 11) is -3.71. The highest BCUT2D eigenvalue weighted by Gasteiger charge is 2.42. The third kappa shape index (κ3) is 4.97. The van der Waals surface area contributed by atoms with Crippen LogP contribution in [-0.4, -0.2) is 50.3 Å². The number of esters is 1. The van der Waals surface area contributed by atoms with Crippen molar-refractivity contribution in [1.82, 2.24) is 9.62 Å². The van der Waals surface area contributed by atoms with E-state index in [-0.39, 0.29) is 27.4 Å². The molecule has 1 heterocycles. The van der Waals surface area contributed by atoms with Crippen LogP contribution in [0.4, 0.5) is 0 Å². The highest BCUT2D eigenvalue weighted by atomic mass is 35.5. The molecule has 1 aliphatic heterocycles. The largest absolute Gasteiger partial charge is 0.452 e. The summed E-state index contributed by atoms with van der Waals surface area (Å²) in [6.45, 7) is 2.51.